The summed E-state index contributed by atoms with van der Waals surface area (Å²) in [6.07, 6.45) is 1.76. The first-order valence-electron chi connectivity index (χ1n) is 7.15. The molecule has 3 rings (SSSR count). The van der Waals surface area contributed by atoms with Gasteiger partial charge in [-0.2, -0.15) is 20.2 Å². The van der Waals surface area contributed by atoms with Crippen molar-refractivity contribution in [3.8, 4) is 6.07 Å². The van der Waals surface area contributed by atoms with Gasteiger partial charge in [-0.05, 0) is 42.1 Å². The third-order valence-corrected chi connectivity index (χ3v) is 4.19. The molecular weight excluding hydrogens is 320 g/mol. The fourth-order valence-corrected chi connectivity index (χ4v) is 2.89. The van der Waals surface area contributed by atoms with Gasteiger partial charge >= 0.3 is 0 Å². The summed E-state index contributed by atoms with van der Waals surface area (Å²) in [5.74, 6) is 0.603. The Morgan fingerprint density at radius 2 is 2.00 bits per heavy atom. The van der Waals surface area contributed by atoms with Gasteiger partial charge in [0.25, 0.3) is 0 Å². The van der Waals surface area contributed by atoms with Crippen LogP contribution >= 0.6 is 11.3 Å². The lowest BCUT2D eigenvalue weighted by molar-refractivity contribution is 1.04. The van der Waals surface area contributed by atoms with Gasteiger partial charge in [0.1, 0.15) is 6.07 Å². The van der Waals surface area contributed by atoms with E-state index in [1.54, 1.807) is 17.4 Å². The normalized spacial score (nSPS) is 11.1. The summed E-state index contributed by atoms with van der Waals surface area (Å²) in [5.41, 5.74) is 8.03. The first-order chi connectivity index (χ1) is 11.7. The second-order valence-corrected chi connectivity index (χ2v) is 5.92. The molecule has 7 heteroatoms. The van der Waals surface area contributed by atoms with Gasteiger partial charge in [-0.15, -0.1) is 11.3 Å². The van der Waals surface area contributed by atoms with E-state index in [1.165, 1.54) is 0 Å². The molecule has 6 nitrogen and oxygen atoms in total. The maximum absolute atomic E-state index is 9.47. The van der Waals surface area contributed by atoms with Crippen molar-refractivity contribution in [3.63, 3.8) is 0 Å². The summed E-state index contributed by atoms with van der Waals surface area (Å²) in [7, 11) is 0. The SMILES string of the molecule is Cc1ccsc1/C=C(\C#N)c1nc(N)nc(Nc2ccccc2)n1. The Hall–Kier alpha value is -3.24. The van der Waals surface area contributed by atoms with Crippen molar-refractivity contribution in [2.24, 2.45) is 0 Å². The molecule has 0 unspecified atom stereocenters. The molecular formula is C17H14N6S. The number of benzene rings is 1. The van der Waals surface area contributed by atoms with Crippen molar-refractivity contribution in [2.75, 3.05) is 11.1 Å². The molecule has 3 N–H and O–H groups in total. The first kappa shape index (κ1) is 15.6. The van der Waals surface area contributed by atoms with Crippen LogP contribution in [0, 0.1) is 18.3 Å². The number of nitrogen functional groups attached to an aromatic ring is 1. The number of nitriles is 1. The van der Waals surface area contributed by atoms with Crippen molar-refractivity contribution in [3.05, 3.63) is 58.0 Å². The Bertz CT molecular complexity index is 924. The lowest BCUT2D eigenvalue weighted by Gasteiger charge is -2.06. The van der Waals surface area contributed by atoms with Gasteiger partial charge in [0.2, 0.25) is 11.9 Å². The van der Waals surface area contributed by atoms with E-state index >= 15 is 0 Å². The fourth-order valence-electron chi connectivity index (χ4n) is 2.03. The minimum atomic E-state index is 0.0579. The van der Waals surface area contributed by atoms with Gasteiger partial charge in [-0.1, -0.05) is 18.2 Å². The minimum Gasteiger partial charge on any atom is -0.368 e. The van der Waals surface area contributed by atoms with Crippen molar-refractivity contribution in [2.45, 2.75) is 6.92 Å². The van der Waals surface area contributed by atoms with Crippen LogP contribution in [0.3, 0.4) is 0 Å². The molecule has 0 atom stereocenters. The number of rotatable bonds is 4. The highest BCUT2D eigenvalue weighted by Crippen LogP contribution is 2.23. The summed E-state index contributed by atoms with van der Waals surface area (Å²) >= 11 is 1.55. The van der Waals surface area contributed by atoms with Crippen molar-refractivity contribution < 1.29 is 0 Å². The molecule has 2 aromatic heterocycles. The summed E-state index contributed by atoms with van der Waals surface area (Å²) < 4.78 is 0. The van der Waals surface area contributed by atoms with E-state index < -0.39 is 0 Å². The fraction of sp³-hybridized carbons (Fsp3) is 0.0588. The Morgan fingerprint density at radius 1 is 1.21 bits per heavy atom. The Kier molecular flexibility index (Phi) is 4.50. The highest BCUT2D eigenvalue weighted by molar-refractivity contribution is 7.11. The lowest BCUT2D eigenvalue weighted by Crippen LogP contribution is -2.06. The molecule has 0 aliphatic carbocycles. The molecule has 2 heterocycles. The summed E-state index contributed by atoms with van der Waals surface area (Å²) in [4.78, 5) is 13.5. The molecule has 1 aromatic carbocycles. The van der Waals surface area contributed by atoms with Gasteiger partial charge in [-0.25, -0.2) is 0 Å². The average molecular weight is 334 g/mol. The topological polar surface area (TPSA) is 101 Å². The van der Waals surface area contributed by atoms with E-state index in [9.17, 15) is 5.26 Å². The largest absolute Gasteiger partial charge is 0.368 e. The van der Waals surface area contributed by atoms with Crippen molar-refractivity contribution >= 4 is 40.6 Å². The molecule has 0 fully saturated rings. The van der Waals surface area contributed by atoms with Crippen LogP contribution in [0.2, 0.25) is 0 Å². The van der Waals surface area contributed by atoms with E-state index in [0.29, 0.717) is 11.5 Å². The standard InChI is InChI=1S/C17H14N6S/c1-11-7-8-24-14(11)9-12(10-18)15-21-16(19)23-17(22-15)20-13-5-3-2-4-6-13/h2-9H,1H3,(H3,19,20,21,22,23)/b12-9+. The van der Waals surface area contributed by atoms with E-state index in [-0.39, 0.29) is 11.8 Å². The van der Waals surface area contributed by atoms with Gasteiger partial charge in [0.05, 0.1) is 5.57 Å². The Balaban J connectivity index is 1.97. The molecule has 0 aliphatic rings. The van der Waals surface area contributed by atoms with Gasteiger partial charge in [-0.3, -0.25) is 0 Å². The summed E-state index contributed by atoms with van der Waals surface area (Å²) in [6, 6.07) is 13.6. The number of nitrogens with two attached hydrogens (primary N) is 1. The molecule has 0 spiro atoms. The summed E-state index contributed by atoms with van der Waals surface area (Å²) in [6.45, 7) is 1.99. The number of hydrogen-bond acceptors (Lipinski definition) is 7. The first-order valence-corrected chi connectivity index (χ1v) is 8.03. The Morgan fingerprint density at radius 3 is 2.67 bits per heavy atom. The minimum absolute atomic E-state index is 0.0579. The molecule has 0 radical (unpaired) electrons. The highest BCUT2D eigenvalue weighted by Gasteiger charge is 2.11. The van der Waals surface area contributed by atoms with Crippen molar-refractivity contribution in [1.82, 2.24) is 15.0 Å². The number of para-hydroxylation sites is 1. The zero-order valence-electron chi connectivity index (χ0n) is 12.9. The summed E-state index contributed by atoms with van der Waals surface area (Å²) in [5, 5.41) is 14.5. The van der Waals surface area contributed by atoms with Crippen LogP contribution in [0.15, 0.2) is 41.8 Å². The number of aromatic nitrogens is 3. The third-order valence-electron chi connectivity index (χ3n) is 3.22. The zero-order chi connectivity index (χ0) is 16.9. The van der Waals surface area contributed by atoms with Crippen LogP contribution < -0.4 is 11.1 Å². The zero-order valence-corrected chi connectivity index (χ0v) is 13.7. The highest BCUT2D eigenvalue weighted by atomic mass is 32.1. The molecule has 0 saturated heterocycles. The lowest BCUT2D eigenvalue weighted by atomic mass is 10.2. The van der Waals surface area contributed by atoms with Crippen LogP contribution in [-0.4, -0.2) is 15.0 Å². The molecule has 3 aromatic rings. The Labute approximate surface area is 143 Å². The van der Waals surface area contributed by atoms with Crippen LogP contribution in [0.5, 0.6) is 0 Å². The number of hydrogen-bond donors (Lipinski definition) is 2. The van der Waals surface area contributed by atoms with E-state index in [2.05, 4.69) is 26.3 Å². The van der Waals surface area contributed by atoms with Crippen LogP contribution in [-0.2, 0) is 0 Å². The number of anilines is 3. The average Bonchev–Trinajstić information content (AvgIpc) is 2.98. The van der Waals surface area contributed by atoms with E-state index in [4.69, 9.17) is 5.73 Å². The smallest absolute Gasteiger partial charge is 0.232 e. The number of thiophene rings is 1. The molecule has 0 bridgehead atoms. The number of aryl methyl sites for hydroxylation is 1. The van der Waals surface area contributed by atoms with Crippen LogP contribution in [0.25, 0.3) is 11.6 Å². The number of nitrogens with zero attached hydrogens (tertiary/aromatic N) is 4. The predicted octanol–water partition coefficient (Wildman–Crippen LogP) is 3.63. The van der Waals surface area contributed by atoms with E-state index in [0.717, 1.165) is 16.1 Å². The van der Waals surface area contributed by atoms with E-state index in [1.807, 2.05) is 48.7 Å². The van der Waals surface area contributed by atoms with Gasteiger partial charge in [0.15, 0.2) is 5.82 Å². The monoisotopic (exact) mass is 334 g/mol. The predicted molar refractivity (Wildman–Crippen MR) is 96.5 cm³/mol. The van der Waals surface area contributed by atoms with Crippen LogP contribution in [0.4, 0.5) is 17.6 Å². The number of nitrogens with one attached hydrogen (secondary N) is 1. The van der Waals surface area contributed by atoms with Gasteiger partial charge in [0, 0.05) is 10.6 Å². The number of allylic oxidation sites excluding steroid dienone is 1. The van der Waals surface area contributed by atoms with Crippen LogP contribution in [0.1, 0.15) is 16.3 Å². The quantitative estimate of drug-likeness (QED) is 0.707. The molecule has 118 valence electrons. The second-order valence-electron chi connectivity index (χ2n) is 4.97. The molecule has 24 heavy (non-hydrogen) atoms. The molecule has 0 amide bonds. The van der Waals surface area contributed by atoms with Crippen molar-refractivity contribution in [1.29, 1.82) is 5.26 Å². The van der Waals surface area contributed by atoms with Gasteiger partial charge < -0.3 is 11.1 Å². The second kappa shape index (κ2) is 6.89. The maximum Gasteiger partial charge on any atom is 0.232 e. The molecule has 0 aliphatic heterocycles. The maximum atomic E-state index is 9.47. The third kappa shape index (κ3) is 3.56. The molecule has 0 saturated carbocycles.